The molecule has 0 radical (unpaired) electrons. The third-order valence-corrected chi connectivity index (χ3v) is 4.14. The lowest BCUT2D eigenvalue weighted by Gasteiger charge is -2.12. The molecule has 0 fully saturated rings. The van der Waals surface area contributed by atoms with E-state index in [1.807, 2.05) is 56.3 Å². The Balaban J connectivity index is 2.10. The molecule has 0 spiro atoms. The van der Waals surface area contributed by atoms with E-state index in [4.69, 9.17) is 21.8 Å². The molecule has 1 heterocycles. The standard InChI is InChI=1S/C17H16ClNO/c1-10-5-4-8-13(15(10)18)16(19)14-9-12-7-3-6-11(2)17(12)20-14/h3-9,16H,19H2,1-2H3. The van der Waals surface area contributed by atoms with Crippen LogP contribution >= 0.6 is 11.6 Å². The second-order valence-corrected chi connectivity index (χ2v) is 5.48. The monoisotopic (exact) mass is 285 g/mol. The van der Waals surface area contributed by atoms with E-state index in [1.165, 1.54) is 0 Å². The highest BCUT2D eigenvalue weighted by molar-refractivity contribution is 6.32. The number of hydrogen-bond acceptors (Lipinski definition) is 2. The van der Waals surface area contributed by atoms with E-state index >= 15 is 0 Å². The largest absolute Gasteiger partial charge is 0.459 e. The van der Waals surface area contributed by atoms with Crippen molar-refractivity contribution < 1.29 is 4.42 Å². The highest BCUT2D eigenvalue weighted by Crippen LogP contribution is 2.32. The Hall–Kier alpha value is -1.77. The second kappa shape index (κ2) is 4.97. The Morgan fingerprint density at radius 2 is 1.75 bits per heavy atom. The maximum Gasteiger partial charge on any atom is 0.137 e. The third-order valence-electron chi connectivity index (χ3n) is 3.62. The zero-order chi connectivity index (χ0) is 14.3. The van der Waals surface area contributed by atoms with Crippen LogP contribution in [0.4, 0.5) is 0 Å². The second-order valence-electron chi connectivity index (χ2n) is 5.10. The topological polar surface area (TPSA) is 39.2 Å². The highest BCUT2D eigenvalue weighted by Gasteiger charge is 2.18. The minimum absolute atomic E-state index is 0.353. The van der Waals surface area contributed by atoms with Gasteiger partial charge in [-0.05, 0) is 36.6 Å². The van der Waals surface area contributed by atoms with Crippen molar-refractivity contribution in [3.8, 4) is 0 Å². The van der Waals surface area contributed by atoms with Crippen molar-refractivity contribution in [2.75, 3.05) is 0 Å². The molecule has 2 N–H and O–H groups in total. The number of benzene rings is 2. The minimum atomic E-state index is -0.353. The van der Waals surface area contributed by atoms with Crippen LogP contribution in [-0.2, 0) is 0 Å². The molecule has 0 bridgehead atoms. The Morgan fingerprint density at radius 3 is 2.50 bits per heavy atom. The number of halogens is 1. The van der Waals surface area contributed by atoms with Gasteiger partial charge in [0, 0.05) is 10.4 Å². The lowest BCUT2D eigenvalue weighted by atomic mass is 10.0. The van der Waals surface area contributed by atoms with Crippen LogP contribution in [0, 0.1) is 13.8 Å². The first-order valence-electron chi connectivity index (χ1n) is 6.57. The summed E-state index contributed by atoms with van der Waals surface area (Å²) in [7, 11) is 0. The fraction of sp³-hybridized carbons (Fsp3) is 0.176. The first-order valence-corrected chi connectivity index (χ1v) is 6.95. The van der Waals surface area contributed by atoms with E-state index in [-0.39, 0.29) is 6.04 Å². The van der Waals surface area contributed by atoms with Crippen LogP contribution in [-0.4, -0.2) is 0 Å². The average molecular weight is 286 g/mol. The van der Waals surface area contributed by atoms with Gasteiger partial charge in [0.2, 0.25) is 0 Å². The molecule has 0 aliphatic heterocycles. The molecule has 0 amide bonds. The van der Waals surface area contributed by atoms with Crippen LogP contribution in [0.25, 0.3) is 11.0 Å². The SMILES string of the molecule is Cc1cccc(C(N)c2cc3cccc(C)c3o2)c1Cl. The number of fused-ring (bicyclic) bond motifs is 1. The molecule has 3 aromatic rings. The lowest BCUT2D eigenvalue weighted by molar-refractivity contribution is 0.523. The Morgan fingerprint density at radius 1 is 1.05 bits per heavy atom. The van der Waals surface area contributed by atoms with E-state index in [9.17, 15) is 0 Å². The molecular formula is C17H16ClNO. The Kier molecular flexibility index (Phi) is 3.28. The van der Waals surface area contributed by atoms with Gasteiger partial charge in [-0.15, -0.1) is 0 Å². The predicted octanol–water partition coefficient (Wildman–Crippen LogP) is 4.75. The Bertz CT molecular complexity index is 776. The van der Waals surface area contributed by atoms with Crippen molar-refractivity contribution in [1.82, 2.24) is 0 Å². The summed E-state index contributed by atoms with van der Waals surface area (Å²) in [4.78, 5) is 0. The summed E-state index contributed by atoms with van der Waals surface area (Å²) in [5.41, 5.74) is 10.2. The molecule has 3 heteroatoms. The summed E-state index contributed by atoms with van der Waals surface area (Å²) in [5, 5.41) is 1.77. The van der Waals surface area contributed by atoms with Gasteiger partial charge < -0.3 is 10.2 Å². The van der Waals surface area contributed by atoms with Crippen molar-refractivity contribution in [3.63, 3.8) is 0 Å². The van der Waals surface area contributed by atoms with Crippen molar-refractivity contribution in [1.29, 1.82) is 0 Å². The molecule has 1 unspecified atom stereocenters. The van der Waals surface area contributed by atoms with Crippen molar-refractivity contribution in [3.05, 3.63) is 69.9 Å². The molecule has 1 atom stereocenters. The number of nitrogens with two attached hydrogens (primary N) is 1. The van der Waals surface area contributed by atoms with Crippen LogP contribution in [0.3, 0.4) is 0 Å². The normalized spacial score (nSPS) is 12.8. The number of hydrogen-bond donors (Lipinski definition) is 1. The summed E-state index contributed by atoms with van der Waals surface area (Å²) in [6, 6.07) is 13.6. The summed E-state index contributed by atoms with van der Waals surface area (Å²) >= 11 is 6.35. The minimum Gasteiger partial charge on any atom is -0.459 e. The van der Waals surface area contributed by atoms with Crippen LogP contribution in [0.1, 0.15) is 28.5 Å². The summed E-state index contributed by atoms with van der Waals surface area (Å²) in [6.07, 6.45) is 0. The van der Waals surface area contributed by atoms with E-state index in [2.05, 4.69) is 0 Å². The summed E-state index contributed by atoms with van der Waals surface area (Å²) < 4.78 is 5.93. The fourth-order valence-corrected chi connectivity index (χ4v) is 2.69. The zero-order valence-electron chi connectivity index (χ0n) is 11.5. The first-order chi connectivity index (χ1) is 9.58. The lowest BCUT2D eigenvalue weighted by Crippen LogP contribution is -2.11. The predicted molar refractivity (Wildman–Crippen MR) is 83.2 cm³/mol. The van der Waals surface area contributed by atoms with E-state index in [0.29, 0.717) is 5.02 Å². The zero-order valence-corrected chi connectivity index (χ0v) is 12.2. The van der Waals surface area contributed by atoms with E-state index in [0.717, 1.165) is 33.4 Å². The van der Waals surface area contributed by atoms with Crippen LogP contribution < -0.4 is 5.73 Å². The molecule has 20 heavy (non-hydrogen) atoms. The molecule has 3 rings (SSSR count). The van der Waals surface area contributed by atoms with Gasteiger partial charge in [0.25, 0.3) is 0 Å². The average Bonchev–Trinajstić information content (AvgIpc) is 2.87. The smallest absolute Gasteiger partial charge is 0.137 e. The van der Waals surface area contributed by atoms with E-state index < -0.39 is 0 Å². The van der Waals surface area contributed by atoms with Crippen LogP contribution in [0.15, 0.2) is 46.9 Å². The van der Waals surface area contributed by atoms with Crippen molar-refractivity contribution in [2.45, 2.75) is 19.9 Å². The molecule has 0 saturated heterocycles. The molecule has 0 aliphatic carbocycles. The number of aryl methyl sites for hydroxylation is 2. The van der Waals surface area contributed by atoms with Gasteiger partial charge in [-0.3, -0.25) is 0 Å². The molecular weight excluding hydrogens is 270 g/mol. The maximum absolute atomic E-state index is 6.35. The number of furan rings is 1. The summed E-state index contributed by atoms with van der Waals surface area (Å²) in [5.74, 6) is 0.738. The third kappa shape index (κ3) is 2.11. The fourth-order valence-electron chi connectivity index (χ4n) is 2.45. The summed E-state index contributed by atoms with van der Waals surface area (Å²) in [6.45, 7) is 4.00. The van der Waals surface area contributed by atoms with Gasteiger partial charge >= 0.3 is 0 Å². The molecule has 102 valence electrons. The van der Waals surface area contributed by atoms with Gasteiger partial charge in [-0.2, -0.15) is 0 Å². The quantitative estimate of drug-likeness (QED) is 0.738. The highest BCUT2D eigenvalue weighted by atomic mass is 35.5. The first kappa shape index (κ1) is 13.2. The van der Waals surface area contributed by atoms with Crippen LogP contribution in [0.5, 0.6) is 0 Å². The van der Waals surface area contributed by atoms with Gasteiger partial charge in [-0.25, -0.2) is 0 Å². The van der Waals surface area contributed by atoms with Crippen LogP contribution in [0.2, 0.25) is 5.02 Å². The van der Waals surface area contributed by atoms with Crippen molar-refractivity contribution in [2.24, 2.45) is 5.73 Å². The molecule has 2 aromatic carbocycles. The number of para-hydroxylation sites is 1. The van der Waals surface area contributed by atoms with Gasteiger partial charge in [0.05, 0.1) is 6.04 Å². The van der Waals surface area contributed by atoms with Gasteiger partial charge in [0.15, 0.2) is 0 Å². The maximum atomic E-state index is 6.35. The van der Waals surface area contributed by atoms with Gasteiger partial charge in [-0.1, -0.05) is 48.0 Å². The van der Waals surface area contributed by atoms with Crippen molar-refractivity contribution >= 4 is 22.6 Å². The molecule has 0 aliphatic rings. The molecule has 0 saturated carbocycles. The number of rotatable bonds is 2. The Labute approximate surface area is 123 Å². The molecule has 2 nitrogen and oxygen atoms in total. The van der Waals surface area contributed by atoms with Gasteiger partial charge in [0.1, 0.15) is 11.3 Å². The van der Waals surface area contributed by atoms with E-state index in [1.54, 1.807) is 0 Å². The molecule has 1 aromatic heterocycles.